The minimum Gasteiger partial charge on any atom is -0.480 e. The number of aliphatic imine (C=N–C) groups is 1. The van der Waals surface area contributed by atoms with Gasteiger partial charge in [-0.2, -0.15) is 5.26 Å². The molecule has 0 aromatic heterocycles. The van der Waals surface area contributed by atoms with Gasteiger partial charge in [-0.15, -0.1) is 0 Å². The molecule has 6 heteroatoms. The summed E-state index contributed by atoms with van der Waals surface area (Å²) in [5.41, 5.74) is 2.28. The van der Waals surface area contributed by atoms with Crippen LogP contribution in [-0.2, 0) is 11.3 Å². The molecule has 0 heterocycles. The summed E-state index contributed by atoms with van der Waals surface area (Å²) in [5.74, 6) is -0.512. The molecule has 6 nitrogen and oxygen atoms in total. The summed E-state index contributed by atoms with van der Waals surface area (Å²) in [6, 6.07) is 18.7. The van der Waals surface area contributed by atoms with Gasteiger partial charge in [0.05, 0.1) is 17.3 Å². The van der Waals surface area contributed by atoms with Gasteiger partial charge in [0.2, 0.25) is 0 Å². The van der Waals surface area contributed by atoms with Crippen molar-refractivity contribution >= 4 is 17.6 Å². The smallest absolute Gasteiger partial charge is 0.322 e. The number of carboxylic acid groups (broad SMARTS) is 1. The summed E-state index contributed by atoms with van der Waals surface area (Å²) in [6.07, 6.45) is 0. The number of benzene rings is 2. The summed E-state index contributed by atoms with van der Waals surface area (Å²) in [4.78, 5) is 17.2. The zero-order valence-corrected chi connectivity index (χ0v) is 13.3. The lowest BCUT2D eigenvalue weighted by Gasteiger charge is -2.22. The van der Waals surface area contributed by atoms with Crippen LogP contribution < -0.4 is 5.32 Å². The summed E-state index contributed by atoms with van der Waals surface area (Å²) in [5, 5.41) is 20.6. The lowest BCUT2D eigenvalue weighted by molar-refractivity contribution is -0.135. The quantitative estimate of drug-likeness (QED) is 0.651. The monoisotopic (exact) mass is 322 g/mol. The van der Waals surface area contributed by atoms with Crippen LogP contribution >= 0.6 is 0 Å². The van der Waals surface area contributed by atoms with Gasteiger partial charge in [0, 0.05) is 13.6 Å². The van der Waals surface area contributed by atoms with Crippen molar-refractivity contribution in [3.8, 4) is 6.07 Å². The highest BCUT2D eigenvalue weighted by Gasteiger charge is 2.09. The van der Waals surface area contributed by atoms with Gasteiger partial charge in [0.1, 0.15) is 6.54 Å². The van der Waals surface area contributed by atoms with Crippen molar-refractivity contribution in [1.29, 1.82) is 5.26 Å². The van der Waals surface area contributed by atoms with Gasteiger partial charge in [-0.1, -0.05) is 30.3 Å². The maximum Gasteiger partial charge on any atom is 0.322 e. The number of aliphatic carboxylic acids is 1. The maximum atomic E-state index is 10.8. The van der Waals surface area contributed by atoms with Crippen LogP contribution in [0.4, 0.5) is 5.69 Å². The fourth-order valence-electron chi connectivity index (χ4n) is 2.08. The fraction of sp³-hybridized carbons (Fsp3) is 0.167. The molecule has 0 saturated heterocycles. The van der Waals surface area contributed by atoms with Crippen LogP contribution in [0, 0.1) is 11.3 Å². The van der Waals surface area contributed by atoms with Gasteiger partial charge in [-0.05, 0) is 29.8 Å². The van der Waals surface area contributed by atoms with E-state index in [0.29, 0.717) is 23.8 Å². The molecular weight excluding hydrogens is 304 g/mol. The Morgan fingerprint density at radius 1 is 1.21 bits per heavy atom. The average Bonchev–Trinajstić information content (AvgIpc) is 2.59. The highest BCUT2D eigenvalue weighted by Crippen LogP contribution is 2.14. The number of nitrogens with one attached hydrogen (secondary N) is 1. The summed E-state index contributed by atoms with van der Waals surface area (Å²) in [6.45, 7) is 0.358. The minimum atomic E-state index is -0.962. The third kappa shape index (κ3) is 5.14. The lowest BCUT2D eigenvalue weighted by Crippen LogP contribution is -2.40. The zero-order chi connectivity index (χ0) is 17.4. The maximum absolute atomic E-state index is 10.8. The summed E-state index contributed by atoms with van der Waals surface area (Å²) in [7, 11) is 1.84. The Hall–Kier alpha value is -3.33. The predicted molar refractivity (Wildman–Crippen MR) is 91.8 cm³/mol. The van der Waals surface area contributed by atoms with E-state index in [1.807, 2.05) is 42.3 Å². The van der Waals surface area contributed by atoms with Crippen LogP contribution in [0.5, 0.6) is 0 Å². The predicted octanol–water partition coefficient (Wildman–Crippen LogP) is 2.35. The molecule has 0 saturated carbocycles. The summed E-state index contributed by atoms with van der Waals surface area (Å²) >= 11 is 0. The van der Waals surface area contributed by atoms with Crippen LogP contribution in [-0.4, -0.2) is 35.5 Å². The first kappa shape index (κ1) is 17.0. The van der Waals surface area contributed by atoms with Gasteiger partial charge in [0.25, 0.3) is 0 Å². The number of rotatable bonds is 5. The SMILES string of the molecule is CN(Cc1ccccc1)C(=Nc1ccc(C#N)cc1)NCC(=O)O. The van der Waals surface area contributed by atoms with Gasteiger partial charge < -0.3 is 15.3 Å². The molecular formula is C18H18N4O2. The van der Waals surface area contributed by atoms with E-state index < -0.39 is 5.97 Å². The Balaban J connectivity index is 2.20. The van der Waals surface area contributed by atoms with Crippen molar-refractivity contribution in [2.24, 2.45) is 4.99 Å². The molecule has 0 aliphatic carbocycles. The van der Waals surface area contributed by atoms with E-state index in [4.69, 9.17) is 10.4 Å². The van der Waals surface area contributed by atoms with Crippen LogP contribution in [0.25, 0.3) is 0 Å². The molecule has 0 atom stereocenters. The number of hydrogen-bond donors (Lipinski definition) is 2. The van der Waals surface area contributed by atoms with Gasteiger partial charge in [0.15, 0.2) is 5.96 Å². The Kier molecular flexibility index (Phi) is 5.92. The van der Waals surface area contributed by atoms with Crippen LogP contribution in [0.1, 0.15) is 11.1 Å². The first-order valence-corrected chi connectivity index (χ1v) is 7.38. The lowest BCUT2D eigenvalue weighted by atomic mass is 10.2. The van der Waals surface area contributed by atoms with Gasteiger partial charge in [-0.3, -0.25) is 4.79 Å². The second-order valence-corrected chi connectivity index (χ2v) is 5.18. The molecule has 24 heavy (non-hydrogen) atoms. The minimum absolute atomic E-state index is 0.228. The van der Waals surface area contributed by atoms with E-state index in [-0.39, 0.29) is 6.54 Å². The van der Waals surface area contributed by atoms with Crippen LogP contribution in [0.2, 0.25) is 0 Å². The highest BCUT2D eigenvalue weighted by molar-refractivity contribution is 5.85. The average molecular weight is 322 g/mol. The molecule has 0 amide bonds. The number of nitrogens with zero attached hydrogens (tertiary/aromatic N) is 3. The van der Waals surface area contributed by atoms with Crippen molar-refractivity contribution in [3.63, 3.8) is 0 Å². The Morgan fingerprint density at radius 2 is 1.88 bits per heavy atom. The number of hydrogen-bond acceptors (Lipinski definition) is 3. The zero-order valence-electron chi connectivity index (χ0n) is 13.3. The molecule has 0 fully saturated rings. The molecule has 2 aromatic rings. The van der Waals surface area contributed by atoms with Crippen molar-refractivity contribution in [3.05, 3.63) is 65.7 Å². The van der Waals surface area contributed by atoms with E-state index >= 15 is 0 Å². The standard InChI is InChI=1S/C18H18N4O2/c1-22(13-15-5-3-2-4-6-15)18(20-12-17(23)24)21-16-9-7-14(11-19)8-10-16/h2-10H,12-13H2,1H3,(H,20,21)(H,23,24). The third-order valence-electron chi connectivity index (χ3n) is 3.25. The molecule has 0 aliphatic heterocycles. The molecule has 2 rings (SSSR count). The number of carboxylic acids is 1. The Bertz CT molecular complexity index is 749. The van der Waals surface area contributed by atoms with Crippen molar-refractivity contribution in [2.45, 2.75) is 6.54 Å². The van der Waals surface area contributed by atoms with Crippen LogP contribution in [0.15, 0.2) is 59.6 Å². The molecule has 0 unspecified atom stereocenters. The molecule has 2 aromatic carbocycles. The first-order chi connectivity index (χ1) is 11.6. The van der Waals surface area contributed by atoms with E-state index in [0.717, 1.165) is 5.56 Å². The second-order valence-electron chi connectivity index (χ2n) is 5.18. The van der Waals surface area contributed by atoms with Gasteiger partial charge >= 0.3 is 5.97 Å². The summed E-state index contributed by atoms with van der Waals surface area (Å²) < 4.78 is 0. The first-order valence-electron chi connectivity index (χ1n) is 7.38. The molecule has 0 bridgehead atoms. The molecule has 0 radical (unpaired) electrons. The largest absolute Gasteiger partial charge is 0.480 e. The van der Waals surface area contributed by atoms with Crippen molar-refractivity contribution in [2.75, 3.05) is 13.6 Å². The van der Waals surface area contributed by atoms with E-state index in [1.165, 1.54) is 0 Å². The van der Waals surface area contributed by atoms with Crippen molar-refractivity contribution in [1.82, 2.24) is 10.2 Å². The molecule has 0 aliphatic rings. The van der Waals surface area contributed by atoms with Gasteiger partial charge in [-0.25, -0.2) is 4.99 Å². The molecule has 0 spiro atoms. The van der Waals surface area contributed by atoms with E-state index in [9.17, 15) is 4.79 Å². The fourth-order valence-corrected chi connectivity index (χ4v) is 2.08. The van der Waals surface area contributed by atoms with Crippen molar-refractivity contribution < 1.29 is 9.90 Å². The van der Waals surface area contributed by atoms with E-state index in [2.05, 4.69) is 16.4 Å². The number of guanidine groups is 1. The van der Waals surface area contributed by atoms with Crippen LogP contribution in [0.3, 0.4) is 0 Å². The second kappa shape index (κ2) is 8.34. The Morgan fingerprint density at radius 3 is 2.46 bits per heavy atom. The number of carbonyl (C=O) groups is 1. The Labute approximate surface area is 140 Å². The van der Waals surface area contributed by atoms with E-state index in [1.54, 1.807) is 24.3 Å². The highest BCUT2D eigenvalue weighted by atomic mass is 16.4. The topological polar surface area (TPSA) is 88.7 Å². The third-order valence-corrected chi connectivity index (χ3v) is 3.25. The number of nitriles is 1. The molecule has 122 valence electrons. The molecule has 2 N–H and O–H groups in total. The normalized spacial score (nSPS) is 10.8.